The van der Waals surface area contributed by atoms with Crippen LogP contribution < -0.4 is 5.32 Å². The van der Waals surface area contributed by atoms with Gasteiger partial charge in [0.15, 0.2) is 0 Å². The van der Waals surface area contributed by atoms with Crippen molar-refractivity contribution in [2.24, 2.45) is 5.92 Å². The highest BCUT2D eigenvalue weighted by molar-refractivity contribution is 7.18. The van der Waals surface area contributed by atoms with E-state index in [1.165, 1.54) is 24.5 Å². The molecular formula is C22H22F6N4S. The van der Waals surface area contributed by atoms with Crippen LogP contribution in [0.25, 0.3) is 10.2 Å². The molecule has 0 aliphatic carbocycles. The first-order valence-corrected chi connectivity index (χ1v) is 11.3. The lowest BCUT2D eigenvalue weighted by atomic mass is 9.96. The monoisotopic (exact) mass is 488 g/mol. The van der Waals surface area contributed by atoms with E-state index in [1.807, 2.05) is 0 Å². The standard InChI is InChI=1S/C22H22F6N4S/c23-21(24,25)10-17-9-18-19(30-13-31-20(18)33-17)29-11-14-5-7-32(8-6-14)12-15-1-3-16(4-2-15)22(26,27)28/h1-4,9,13-14H,5-8,10-12H2,(H,29,30,31). The summed E-state index contributed by atoms with van der Waals surface area (Å²) in [4.78, 5) is 11.2. The fraction of sp³-hybridized carbons (Fsp3) is 0.455. The van der Waals surface area contributed by atoms with Crippen molar-refractivity contribution in [2.45, 2.75) is 38.2 Å². The molecule has 0 unspecified atom stereocenters. The largest absolute Gasteiger partial charge is 0.416 e. The molecule has 0 atom stereocenters. The zero-order chi connectivity index (χ0) is 23.6. The number of hydrogen-bond acceptors (Lipinski definition) is 5. The summed E-state index contributed by atoms with van der Waals surface area (Å²) < 4.78 is 76.2. The highest BCUT2D eigenvalue weighted by atomic mass is 32.1. The summed E-state index contributed by atoms with van der Waals surface area (Å²) in [6.45, 7) is 2.88. The van der Waals surface area contributed by atoms with E-state index in [9.17, 15) is 26.3 Å². The van der Waals surface area contributed by atoms with Gasteiger partial charge in [-0.15, -0.1) is 11.3 Å². The first-order chi connectivity index (χ1) is 15.6. The fourth-order valence-electron chi connectivity index (χ4n) is 3.98. The summed E-state index contributed by atoms with van der Waals surface area (Å²) in [5, 5.41) is 3.87. The number of piperidine rings is 1. The Morgan fingerprint density at radius 3 is 2.33 bits per heavy atom. The van der Waals surface area contributed by atoms with Gasteiger partial charge >= 0.3 is 12.4 Å². The number of halogens is 6. The first-order valence-electron chi connectivity index (χ1n) is 10.5. The van der Waals surface area contributed by atoms with Crippen molar-refractivity contribution < 1.29 is 26.3 Å². The van der Waals surface area contributed by atoms with Gasteiger partial charge in [-0.2, -0.15) is 26.3 Å². The molecule has 178 valence electrons. The molecule has 1 aromatic carbocycles. The Morgan fingerprint density at radius 1 is 1.00 bits per heavy atom. The first kappa shape index (κ1) is 23.7. The van der Waals surface area contributed by atoms with Crippen LogP contribution in [0.5, 0.6) is 0 Å². The maximum absolute atomic E-state index is 12.7. The number of benzene rings is 1. The Kier molecular flexibility index (Phi) is 6.81. The quantitative estimate of drug-likeness (QED) is 0.424. The molecule has 11 heteroatoms. The van der Waals surface area contributed by atoms with E-state index in [2.05, 4.69) is 20.2 Å². The zero-order valence-electron chi connectivity index (χ0n) is 17.5. The Morgan fingerprint density at radius 2 is 1.70 bits per heavy atom. The molecule has 1 N–H and O–H groups in total. The number of rotatable bonds is 6. The van der Waals surface area contributed by atoms with Crippen LogP contribution in [0.15, 0.2) is 36.7 Å². The van der Waals surface area contributed by atoms with Gasteiger partial charge in [0.1, 0.15) is 17.0 Å². The summed E-state index contributed by atoms with van der Waals surface area (Å²) in [5.74, 6) is 0.906. The molecule has 3 heterocycles. The number of anilines is 1. The fourth-order valence-corrected chi connectivity index (χ4v) is 5.00. The van der Waals surface area contributed by atoms with E-state index in [4.69, 9.17) is 0 Å². The minimum Gasteiger partial charge on any atom is -0.369 e. The molecule has 0 spiro atoms. The van der Waals surface area contributed by atoms with Gasteiger partial charge in [0.05, 0.1) is 17.4 Å². The highest BCUT2D eigenvalue weighted by Gasteiger charge is 2.30. The third-order valence-electron chi connectivity index (χ3n) is 5.71. The maximum Gasteiger partial charge on any atom is 0.416 e. The van der Waals surface area contributed by atoms with Crippen molar-refractivity contribution in [3.05, 3.63) is 52.7 Å². The highest BCUT2D eigenvalue weighted by Crippen LogP contribution is 2.33. The summed E-state index contributed by atoms with van der Waals surface area (Å²) in [6.07, 6.45) is -6.41. The number of likely N-dealkylation sites (tertiary alicyclic amines) is 1. The SMILES string of the molecule is FC(F)(F)Cc1cc2c(NCC3CCN(Cc4ccc(C(F)(F)F)cc4)CC3)ncnc2s1. The van der Waals surface area contributed by atoms with Gasteiger partial charge in [-0.25, -0.2) is 9.97 Å². The number of hydrogen-bond donors (Lipinski definition) is 1. The van der Waals surface area contributed by atoms with Crippen molar-refractivity contribution in [1.29, 1.82) is 0 Å². The Hall–Kier alpha value is -2.40. The van der Waals surface area contributed by atoms with E-state index in [0.29, 0.717) is 35.0 Å². The lowest BCUT2D eigenvalue weighted by Crippen LogP contribution is -2.35. The van der Waals surface area contributed by atoms with Crippen LogP contribution in [0.1, 0.15) is 28.8 Å². The van der Waals surface area contributed by atoms with Crippen LogP contribution in [0.4, 0.5) is 32.2 Å². The average Bonchev–Trinajstić information content (AvgIpc) is 3.14. The van der Waals surface area contributed by atoms with Crippen molar-refractivity contribution in [1.82, 2.24) is 14.9 Å². The van der Waals surface area contributed by atoms with E-state index in [-0.39, 0.29) is 4.88 Å². The van der Waals surface area contributed by atoms with E-state index < -0.39 is 24.3 Å². The third-order valence-corrected chi connectivity index (χ3v) is 6.75. The minimum atomic E-state index is -4.33. The van der Waals surface area contributed by atoms with Gasteiger partial charge in [-0.05, 0) is 55.6 Å². The van der Waals surface area contributed by atoms with Gasteiger partial charge < -0.3 is 5.32 Å². The van der Waals surface area contributed by atoms with Crippen LogP contribution >= 0.6 is 11.3 Å². The maximum atomic E-state index is 12.7. The van der Waals surface area contributed by atoms with Gasteiger partial charge in [0, 0.05) is 18.0 Å². The number of thiophene rings is 1. The molecule has 1 aliphatic heterocycles. The second kappa shape index (κ2) is 9.46. The van der Waals surface area contributed by atoms with Gasteiger partial charge in [-0.3, -0.25) is 4.90 Å². The molecule has 2 aromatic heterocycles. The molecule has 3 aromatic rings. The van der Waals surface area contributed by atoms with Gasteiger partial charge in [0.2, 0.25) is 0 Å². The van der Waals surface area contributed by atoms with Crippen LogP contribution in [0, 0.1) is 5.92 Å². The number of aromatic nitrogens is 2. The molecule has 0 saturated carbocycles. The smallest absolute Gasteiger partial charge is 0.369 e. The van der Waals surface area contributed by atoms with Gasteiger partial charge in [0.25, 0.3) is 0 Å². The van der Waals surface area contributed by atoms with E-state index in [0.717, 1.165) is 55.0 Å². The zero-order valence-corrected chi connectivity index (χ0v) is 18.3. The van der Waals surface area contributed by atoms with Crippen molar-refractivity contribution in [3.63, 3.8) is 0 Å². The third kappa shape index (κ3) is 6.35. The summed E-state index contributed by atoms with van der Waals surface area (Å²) in [5.41, 5.74) is 0.195. The molecule has 0 bridgehead atoms. The van der Waals surface area contributed by atoms with Crippen LogP contribution in [-0.4, -0.2) is 40.7 Å². The molecule has 33 heavy (non-hydrogen) atoms. The number of nitrogens with one attached hydrogen (secondary N) is 1. The average molecular weight is 489 g/mol. The van der Waals surface area contributed by atoms with Crippen LogP contribution in [0.3, 0.4) is 0 Å². The van der Waals surface area contributed by atoms with Crippen LogP contribution in [-0.2, 0) is 19.1 Å². The predicted molar refractivity (Wildman–Crippen MR) is 115 cm³/mol. The van der Waals surface area contributed by atoms with Crippen LogP contribution in [0.2, 0.25) is 0 Å². The normalized spacial score (nSPS) is 16.4. The molecule has 4 nitrogen and oxygen atoms in total. The Balaban J connectivity index is 1.29. The molecule has 1 fully saturated rings. The second-order valence-electron chi connectivity index (χ2n) is 8.24. The van der Waals surface area contributed by atoms with Gasteiger partial charge in [-0.1, -0.05) is 12.1 Å². The van der Waals surface area contributed by atoms with E-state index in [1.54, 1.807) is 0 Å². The molecule has 4 rings (SSSR count). The predicted octanol–water partition coefficient (Wildman–Crippen LogP) is 6.14. The Bertz CT molecular complexity index is 1070. The number of nitrogens with zero attached hydrogens (tertiary/aromatic N) is 3. The molecular weight excluding hydrogens is 466 g/mol. The minimum absolute atomic E-state index is 0.206. The number of fused-ring (bicyclic) bond motifs is 1. The molecule has 1 aliphatic rings. The summed E-state index contributed by atoms with van der Waals surface area (Å²) in [7, 11) is 0. The van der Waals surface area contributed by atoms with Crippen molar-refractivity contribution in [3.8, 4) is 0 Å². The second-order valence-corrected chi connectivity index (χ2v) is 9.36. The molecule has 0 amide bonds. The van der Waals surface area contributed by atoms with E-state index >= 15 is 0 Å². The van der Waals surface area contributed by atoms with Crippen molar-refractivity contribution in [2.75, 3.05) is 25.0 Å². The lowest BCUT2D eigenvalue weighted by molar-refractivity contribution is -0.137. The topological polar surface area (TPSA) is 41.0 Å². The summed E-state index contributed by atoms with van der Waals surface area (Å²) >= 11 is 1.02. The number of alkyl halides is 6. The Labute approximate surface area is 190 Å². The molecule has 0 radical (unpaired) electrons. The molecule has 1 saturated heterocycles. The summed E-state index contributed by atoms with van der Waals surface area (Å²) in [6, 6.07) is 6.76. The van der Waals surface area contributed by atoms with Crippen molar-refractivity contribution >= 4 is 27.4 Å². The lowest BCUT2D eigenvalue weighted by Gasteiger charge is -2.32.